The van der Waals surface area contributed by atoms with Crippen molar-refractivity contribution in [2.75, 3.05) is 25.9 Å². The fourth-order valence-corrected chi connectivity index (χ4v) is 2.73. The van der Waals surface area contributed by atoms with Gasteiger partial charge in [-0.05, 0) is 37.4 Å². The van der Waals surface area contributed by atoms with E-state index in [1.165, 1.54) is 0 Å². The molecule has 0 aliphatic heterocycles. The second kappa shape index (κ2) is 7.04. The first-order valence-corrected chi connectivity index (χ1v) is 6.41. The lowest BCUT2D eigenvalue weighted by atomic mass is 10.8. The summed E-state index contributed by atoms with van der Waals surface area (Å²) in [6.45, 7) is 4.46. The smallest absolute Gasteiger partial charge is 0.309 e. The molecule has 0 aliphatic carbocycles. The molecule has 0 heterocycles. The minimum Gasteiger partial charge on any atom is -0.309 e. The summed E-state index contributed by atoms with van der Waals surface area (Å²) in [7, 11) is -2.98. The molecule has 13 heavy (non-hydrogen) atoms. The lowest BCUT2D eigenvalue weighted by Gasteiger charge is -2.17. The van der Waals surface area contributed by atoms with Crippen molar-refractivity contribution >= 4 is 31.1 Å². The van der Waals surface area contributed by atoms with Crippen molar-refractivity contribution in [1.82, 2.24) is 3.94 Å². The van der Waals surface area contributed by atoms with Crippen LogP contribution in [0.25, 0.3) is 0 Å². The summed E-state index contributed by atoms with van der Waals surface area (Å²) in [6, 6.07) is 0. The van der Waals surface area contributed by atoms with Crippen molar-refractivity contribution < 1.29 is 13.6 Å². The van der Waals surface area contributed by atoms with Gasteiger partial charge in [-0.3, -0.25) is 4.57 Å². The largest absolute Gasteiger partial charge is 0.332 e. The van der Waals surface area contributed by atoms with Crippen LogP contribution in [0.15, 0.2) is 0 Å². The first-order chi connectivity index (χ1) is 6.04. The molecule has 0 radical (unpaired) electrons. The lowest BCUT2D eigenvalue weighted by Crippen LogP contribution is -2.09. The van der Waals surface area contributed by atoms with Crippen LogP contribution in [-0.4, -0.2) is 29.9 Å². The number of rotatable bonds is 7. The van der Waals surface area contributed by atoms with Crippen molar-refractivity contribution in [2.24, 2.45) is 0 Å². The average molecular weight is 250 g/mol. The molecule has 80 valence electrons. The highest BCUT2D eigenvalue weighted by Crippen LogP contribution is 2.47. The van der Waals surface area contributed by atoms with Crippen molar-refractivity contribution in [3.63, 3.8) is 0 Å². The van der Waals surface area contributed by atoms with Crippen LogP contribution < -0.4 is 0 Å². The third-order valence-corrected chi connectivity index (χ3v) is 3.58. The fourth-order valence-electron chi connectivity index (χ4n) is 0.758. The molecule has 0 aromatic carbocycles. The van der Waals surface area contributed by atoms with Gasteiger partial charge in [0.2, 0.25) is 0 Å². The van der Waals surface area contributed by atoms with Crippen LogP contribution in [0, 0.1) is 0 Å². The fraction of sp³-hybridized carbons (Fsp3) is 1.00. The molecule has 0 N–H and O–H groups in total. The standard InChI is InChI=1S/C6H14Cl2NO3P/c1-3-11-13(10,12-4-2)6-5-9(7)8/h3-6H2,1-2H3. The Hall–Kier alpha value is 0.690. The second-order valence-corrected chi connectivity index (χ2v) is 5.37. The minimum absolute atomic E-state index is 0.196. The summed E-state index contributed by atoms with van der Waals surface area (Å²) < 4.78 is 22.7. The van der Waals surface area contributed by atoms with Gasteiger partial charge in [-0.15, -0.1) is 3.94 Å². The van der Waals surface area contributed by atoms with Gasteiger partial charge in [0.05, 0.1) is 19.4 Å². The van der Waals surface area contributed by atoms with E-state index in [1.54, 1.807) is 13.8 Å². The maximum Gasteiger partial charge on any atom is 0.332 e. The van der Waals surface area contributed by atoms with Crippen molar-refractivity contribution in [3.05, 3.63) is 0 Å². The predicted molar refractivity (Wildman–Crippen MR) is 54.1 cm³/mol. The van der Waals surface area contributed by atoms with E-state index in [4.69, 9.17) is 32.6 Å². The Morgan fingerprint density at radius 3 is 2.00 bits per heavy atom. The zero-order valence-corrected chi connectivity index (χ0v) is 10.1. The molecule has 0 aromatic rings. The Morgan fingerprint density at radius 2 is 1.69 bits per heavy atom. The predicted octanol–water partition coefficient (Wildman–Crippen LogP) is 2.86. The quantitative estimate of drug-likeness (QED) is 0.514. The first kappa shape index (κ1) is 13.7. The average Bonchev–Trinajstić information content (AvgIpc) is 2.02. The molecule has 0 bridgehead atoms. The minimum atomic E-state index is -2.98. The Balaban J connectivity index is 3.99. The number of hydrogen-bond acceptors (Lipinski definition) is 4. The highest BCUT2D eigenvalue weighted by atomic mass is 35.5. The molecule has 0 aliphatic rings. The molecule has 0 saturated heterocycles. The summed E-state index contributed by atoms with van der Waals surface area (Å²) in [5.41, 5.74) is 0. The Kier molecular flexibility index (Phi) is 7.42. The summed E-state index contributed by atoms with van der Waals surface area (Å²) >= 11 is 10.7. The van der Waals surface area contributed by atoms with E-state index in [1.807, 2.05) is 0 Å². The molecule has 0 spiro atoms. The Bertz CT molecular complexity index is 169. The van der Waals surface area contributed by atoms with Crippen molar-refractivity contribution in [3.8, 4) is 0 Å². The molecule has 4 nitrogen and oxygen atoms in total. The van der Waals surface area contributed by atoms with E-state index in [0.717, 1.165) is 3.94 Å². The SMILES string of the molecule is CCOP(=O)(CCN(Cl)Cl)OCC. The van der Waals surface area contributed by atoms with Gasteiger partial charge in [0.15, 0.2) is 0 Å². The summed E-state index contributed by atoms with van der Waals surface area (Å²) in [4.78, 5) is 0. The van der Waals surface area contributed by atoms with Crippen LogP contribution in [0.4, 0.5) is 0 Å². The second-order valence-electron chi connectivity index (χ2n) is 2.20. The maximum absolute atomic E-state index is 11.7. The van der Waals surface area contributed by atoms with E-state index in [-0.39, 0.29) is 12.7 Å². The molecular weight excluding hydrogens is 236 g/mol. The molecule has 7 heteroatoms. The summed E-state index contributed by atoms with van der Waals surface area (Å²) in [5.74, 6) is 0. The van der Waals surface area contributed by atoms with Gasteiger partial charge in [0.1, 0.15) is 0 Å². The van der Waals surface area contributed by atoms with Crippen LogP contribution in [0.2, 0.25) is 0 Å². The highest BCUT2D eigenvalue weighted by Gasteiger charge is 2.23. The molecule has 0 amide bonds. The highest BCUT2D eigenvalue weighted by molar-refractivity contribution is 7.53. The van der Waals surface area contributed by atoms with Gasteiger partial charge in [-0.1, -0.05) is 0 Å². The van der Waals surface area contributed by atoms with Gasteiger partial charge in [0.25, 0.3) is 0 Å². The van der Waals surface area contributed by atoms with Crippen LogP contribution in [0.3, 0.4) is 0 Å². The van der Waals surface area contributed by atoms with Crippen LogP contribution >= 0.6 is 31.1 Å². The molecule has 0 fully saturated rings. The molecule has 0 unspecified atom stereocenters. The molecule has 0 rings (SSSR count). The van der Waals surface area contributed by atoms with E-state index in [0.29, 0.717) is 13.2 Å². The van der Waals surface area contributed by atoms with Crippen molar-refractivity contribution in [2.45, 2.75) is 13.8 Å². The molecular formula is C6H14Cl2NO3P. The van der Waals surface area contributed by atoms with Gasteiger partial charge >= 0.3 is 7.60 Å². The zero-order valence-electron chi connectivity index (χ0n) is 7.70. The molecule has 0 aromatic heterocycles. The lowest BCUT2D eigenvalue weighted by molar-refractivity contribution is 0.219. The van der Waals surface area contributed by atoms with Crippen molar-refractivity contribution in [1.29, 1.82) is 0 Å². The molecule has 0 saturated carbocycles. The maximum atomic E-state index is 11.7. The van der Waals surface area contributed by atoms with Crippen LogP contribution in [-0.2, 0) is 13.6 Å². The normalized spacial score (nSPS) is 12.4. The third kappa shape index (κ3) is 6.72. The van der Waals surface area contributed by atoms with E-state index in [9.17, 15) is 4.57 Å². The van der Waals surface area contributed by atoms with Gasteiger partial charge in [0, 0.05) is 6.54 Å². The number of hydrogen-bond donors (Lipinski definition) is 0. The van der Waals surface area contributed by atoms with E-state index >= 15 is 0 Å². The van der Waals surface area contributed by atoms with Gasteiger partial charge < -0.3 is 9.05 Å². The first-order valence-electron chi connectivity index (χ1n) is 4.01. The number of halogens is 2. The van der Waals surface area contributed by atoms with Crippen LogP contribution in [0.5, 0.6) is 0 Å². The molecule has 0 atom stereocenters. The summed E-state index contributed by atoms with van der Waals surface area (Å²) in [6.07, 6.45) is 0.196. The van der Waals surface area contributed by atoms with E-state index < -0.39 is 7.60 Å². The zero-order chi connectivity index (χ0) is 10.3. The Labute approximate surface area is 88.8 Å². The topological polar surface area (TPSA) is 38.8 Å². The monoisotopic (exact) mass is 249 g/mol. The summed E-state index contributed by atoms with van der Waals surface area (Å²) in [5, 5.41) is 0. The van der Waals surface area contributed by atoms with Gasteiger partial charge in [-0.2, -0.15) is 0 Å². The van der Waals surface area contributed by atoms with E-state index in [2.05, 4.69) is 0 Å². The Morgan fingerprint density at radius 1 is 1.23 bits per heavy atom. The third-order valence-electron chi connectivity index (χ3n) is 1.19. The number of nitrogens with zero attached hydrogens (tertiary/aromatic N) is 1. The van der Waals surface area contributed by atoms with Gasteiger partial charge in [-0.25, -0.2) is 0 Å². The van der Waals surface area contributed by atoms with Crippen LogP contribution in [0.1, 0.15) is 13.8 Å².